The Morgan fingerprint density at radius 1 is 1.19 bits per heavy atom. The van der Waals surface area contributed by atoms with Gasteiger partial charge in [-0.2, -0.15) is 9.97 Å². The summed E-state index contributed by atoms with van der Waals surface area (Å²) in [6, 6.07) is 11.6. The Morgan fingerprint density at radius 3 is 2.65 bits per heavy atom. The summed E-state index contributed by atoms with van der Waals surface area (Å²) >= 11 is 6.68. The summed E-state index contributed by atoms with van der Waals surface area (Å²) in [5.41, 5.74) is 2.75. The molecule has 0 unspecified atom stereocenters. The number of ether oxygens (including phenoxy) is 1. The van der Waals surface area contributed by atoms with Crippen LogP contribution in [0.1, 0.15) is 31.0 Å². The maximum Gasteiger partial charge on any atom is 0.318 e. The molecule has 1 aromatic heterocycles. The number of benzene rings is 2. The lowest BCUT2D eigenvalue weighted by atomic mass is 9.76. The predicted octanol–water partition coefficient (Wildman–Crippen LogP) is 6.01. The molecule has 0 N–H and O–H groups in total. The molecule has 1 saturated heterocycles. The summed E-state index contributed by atoms with van der Waals surface area (Å²) in [6.45, 7) is 15.4. The fourth-order valence-electron chi connectivity index (χ4n) is 7.09. The second kappa shape index (κ2) is 13.8. The maximum absolute atomic E-state index is 13.9. The van der Waals surface area contributed by atoms with Gasteiger partial charge in [-0.1, -0.05) is 42.4 Å². The minimum Gasteiger partial charge on any atom is -0.462 e. The lowest BCUT2D eigenvalue weighted by Gasteiger charge is -2.42. The summed E-state index contributed by atoms with van der Waals surface area (Å²) in [5, 5.41) is 2.67. The molecule has 1 saturated carbocycles. The first-order valence-electron chi connectivity index (χ1n) is 16.2. The van der Waals surface area contributed by atoms with E-state index in [1.165, 1.54) is 4.90 Å². The highest BCUT2D eigenvalue weighted by molar-refractivity contribution is 6.36. The van der Waals surface area contributed by atoms with Crippen LogP contribution in [-0.4, -0.2) is 96.6 Å². The molecule has 48 heavy (non-hydrogen) atoms. The van der Waals surface area contributed by atoms with Gasteiger partial charge in [0.15, 0.2) is 5.83 Å². The number of rotatable bonds is 10. The van der Waals surface area contributed by atoms with Crippen LogP contribution in [0.5, 0.6) is 6.01 Å². The molecular weight excluding hydrogens is 643 g/mol. The number of anilines is 2. The van der Waals surface area contributed by atoms with E-state index in [0.717, 1.165) is 27.7 Å². The molecule has 3 aliphatic rings. The summed E-state index contributed by atoms with van der Waals surface area (Å²) in [7, 11) is 1.90. The molecule has 2 fully saturated rings. The highest BCUT2D eigenvalue weighted by Gasteiger charge is 2.48. The monoisotopic (exact) mass is 681 g/mol. The number of carbonyl (C=O) groups is 1. The van der Waals surface area contributed by atoms with Crippen molar-refractivity contribution in [3.8, 4) is 6.01 Å². The zero-order valence-corrected chi connectivity index (χ0v) is 27.9. The number of hydrogen-bond acceptors (Lipinski definition) is 7. The van der Waals surface area contributed by atoms with Crippen LogP contribution < -0.4 is 14.5 Å². The van der Waals surface area contributed by atoms with Crippen LogP contribution in [0.25, 0.3) is 15.6 Å². The van der Waals surface area contributed by atoms with Crippen molar-refractivity contribution >= 4 is 39.8 Å². The third-order valence-corrected chi connectivity index (χ3v) is 10.3. The smallest absolute Gasteiger partial charge is 0.318 e. The van der Waals surface area contributed by atoms with E-state index in [1.807, 2.05) is 54.1 Å². The molecule has 1 aliphatic carbocycles. The van der Waals surface area contributed by atoms with Gasteiger partial charge in [-0.15, -0.1) is 0 Å². The van der Waals surface area contributed by atoms with Crippen LogP contribution in [0.15, 0.2) is 48.8 Å². The van der Waals surface area contributed by atoms with Crippen LogP contribution in [0, 0.1) is 12.5 Å². The number of halogens is 4. The Hall–Kier alpha value is -4.08. The number of hydrogen-bond donors (Lipinski definition) is 0. The van der Waals surface area contributed by atoms with Crippen molar-refractivity contribution in [1.82, 2.24) is 19.8 Å². The summed E-state index contributed by atoms with van der Waals surface area (Å²) in [5.74, 6) is -3.81. The van der Waals surface area contributed by atoms with Crippen molar-refractivity contribution in [1.29, 1.82) is 0 Å². The van der Waals surface area contributed by atoms with Gasteiger partial charge in [0.25, 0.3) is 5.91 Å². The average Bonchev–Trinajstić information content (AvgIpc) is 3.05. The molecule has 2 aromatic carbocycles. The quantitative estimate of drug-likeness (QED) is 0.192. The van der Waals surface area contributed by atoms with Gasteiger partial charge in [0, 0.05) is 68.2 Å². The fraction of sp³-hybridized carbons (Fsp3) is 0.486. The molecule has 3 heterocycles. The zero-order valence-electron chi connectivity index (χ0n) is 27.1. The van der Waals surface area contributed by atoms with Crippen molar-refractivity contribution < 1.29 is 22.7 Å². The summed E-state index contributed by atoms with van der Waals surface area (Å²) in [4.78, 5) is 33.5. The van der Waals surface area contributed by atoms with Crippen LogP contribution in [0.4, 0.5) is 24.7 Å². The second-order valence-corrected chi connectivity index (χ2v) is 13.4. The molecular formula is C35H39ClF3N7O2. The third kappa shape index (κ3) is 6.89. The molecule has 13 heteroatoms. The number of amides is 1. The largest absolute Gasteiger partial charge is 0.462 e. The Kier molecular flexibility index (Phi) is 9.72. The molecule has 3 aromatic rings. The molecule has 2 aliphatic heterocycles. The van der Waals surface area contributed by atoms with Crippen molar-refractivity contribution in [2.75, 3.05) is 62.7 Å². The molecule has 6 rings (SSSR count). The van der Waals surface area contributed by atoms with Gasteiger partial charge in [0.05, 0.1) is 17.3 Å². The normalized spacial score (nSPS) is 19.9. The Morgan fingerprint density at radius 2 is 1.94 bits per heavy atom. The number of likely N-dealkylation sites (N-methyl/N-ethyl adjacent to an activating group) is 1. The number of nitrogens with zero attached hydrogens (tertiary/aromatic N) is 7. The van der Waals surface area contributed by atoms with E-state index in [0.29, 0.717) is 50.0 Å². The lowest BCUT2D eigenvalue weighted by molar-refractivity contribution is -0.131. The molecule has 254 valence electrons. The third-order valence-electron chi connectivity index (χ3n) is 9.95. The first-order chi connectivity index (χ1) is 23.0. The van der Waals surface area contributed by atoms with Crippen LogP contribution in [0.2, 0.25) is 5.02 Å². The van der Waals surface area contributed by atoms with Crippen LogP contribution in [0.3, 0.4) is 0 Å². The van der Waals surface area contributed by atoms with E-state index < -0.39 is 23.7 Å². The Labute approximate surface area is 283 Å². The first kappa shape index (κ1) is 33.8. The summed E-state index contributed by atoms with van der Waals surface area (Å²) in [6.07, 6.45) is 0.440. The zero-order chi connectivity index (χ0) is 34.2. The van der Waals surface area contributed by atoms with Crippen LogP contribution >= 0.6 is 11.6 Å². The molecule has 0 radical (unpaired) electrons. The molecule has 2 atom stereocenters. The number of carbonyl (C=O) groups excluding carboxylic acids is 1. The number of fused-ring (bicyclic) bond motifs is 2. The van der Waals surface area contributed by atoms with Gasteiger partial charge in [0.1, 0.15) is 18.5 Å². The number of alkyl halides is 2. The minimum atomic E-state index is -2.57. The van der Waals surface area contributed by atoms with Gasteiger partial charge >= 0.3 is 6.01 Å². The van der Waals surface area contributed by atoms with E-state index >= 15 is 0 Å². The molecule has 9 nitrogen and oxygen atoms in total. The van der Waals surface area contributed by atoms with Crippen LogP contribution in [-0.2, 0) is 17.8 Å². The van der Waals surface area contributed by atoms with E-state index in [1.54, 1.807) is 0 Å². The summed E-state index contributed by atoms with van der Waals surface area (Å²) < 4.78 is 47.0. The van der Waals surface area contributed by atoms with Gasteiger partial charge in [0.2, 0.25) is 12.5 Å². The standard InChI is InChI=1S/C35H39ClF3N7O2/c1-22(37)33(47)46-14-13-45(20-26(46)19-40-3)32-27-11-12-44(30-10-6-8-24-7-5-9-28(36)31(24)30)21-29(27)41-34(42-32)48-16-15-43(4)23(2)25-17-35(38,39)18-25/h5-10,23,25-26H,1,11-21H2,2,4H3/t23-,26-/m0/s1. The highest BCUT2D eigenvalue weighted by atomic mass is 35.5. The van der Waals surface area contributed by atoms with Crippen molar-refractivity contribution in [3.63, 3.8) is 0 Å². The van der Waals surface area contributed by atoms with Gasteiger partial charge in [-0.25, -0.2) is 19.7 Å². The Balaban J connectivity index is 1.27. The van der Waals surface area contributed by atoms with Crippen molar-refractivity contribution in [3.05, 3.63) is 76.5 Å². The molecule has 1 amide bonds. The lowest BCUT2D eigenvalue weighted by Crippen LogP contribution is -2.57. The maximum atomic E-state index is 13.9. The minimum absolute atomic E-state index is 0.0131. The SMILES string of the molecule is [C-]#[N+]C[C@H]1CN(c2nc(OCCN(C)[C@@H](C)C3CC(F)(F)C3)nc3c2CCN(c2cccc4cccc(Cl)c24)C3)CCN1C(=O)C(=C)F. The van der Waals surface area contributed by atoms with Gasteiger partial charge < -0.3 is 29.2 Å². The first-order valence-corrected chi connectivity index (χ1v) is 16.6. The van der Waals surface area contributed by atoms with Gasteiger partial charge in [-0.05, 0) is 43.8 Å². The van der Waals surface area contributed by atoms with Gasteiger partial charge in [-0.3, -0.25) is 4.79 Å². The highest BCUT2D eigenvalue weighted by Crippen LogP contribution is 2.45. The molecule has 0 spiro atoms. The van der Waals surface area contributed by atoms with E-state index in [2.05, 4.69) is 22.4 Å². The van der Waals surface area contributed by atoms with E-state index in [9.17, 15) is 18.0 Å². The van der Waals surface area contributed by atoms with E-state index in [-0.39, 0.29) is 50.5 Å². The second-order valence-electron chi connectivity index (χ2n) is 13.0. The number of aromatic nitrogens is 2. The molecule has 0 bridgehead atoms. The van der Waals surface area contributed by atoms with Crippen molar-refractivity contribution in [2.45, 2.75) is 50.7 Å². The topological polar surface area (TPSA) is 69.4 Å². The average molecular weight is 682 g/mol. The predicted molar refractivity (Wildman–Crippen MR) is 180 cm³/mol. The van der Waals surface area contributed by atoms with Crippen molar-refractivity contribution in [2.24, 2.45) is 5.92 Å². The Bertz CT molecular complexity index is 1740. The number of piperazine rings is 1. The fourth-order valence-corrected chi connectivity index (χ4v) is 7.36. The van der Waals surface area contributed by atoms with E-state index in [4.69, 9.17) is 32.9 Å².